The first-order valence-corrected chi connectivity index (χ1v) is 5.94. The highest BCUT2D eigenvalue weighted by Gasteiger charge is 2.05. The highest BCUT2D eigenvalue weighted by molar-refractivity contribution is 5.65. The second kappa shape index (κ2) is 5.67. The summed E-state index contributed by atoms with van der Waals surface area (Å²) >= 11 is 0. The number of hydrogen-bond donors (Lipinski definition) is 2. The lowest BCUT2D eigenvalue weighted by Crippen LogP contribution is -2.20. The van der Waals surface area contributed by atoms with Crippen molar-refractivity contribution in [1.29, 1.82) is 0 Å². The molecule has 2 aromatic rings. The van der Waals surface area contributed by atoms with Gasteiger partial charge in [-0.15, -0.1) is 0 Å². The van der Waals surface area contributed by atoms with Gasteiger partial charge in [-0.2, -0.15) is 0 Å². The maximum absolute atomic E-state index is 5.95. The summed E-state index contributed by atoms with van der Waals surface area (Å²) in [6.07, 6.45) is 0. The Bertz CT molecular complexity index is 525. The fraction of sp³-hybridized carbons (Fsp3) is 0.200. The van der Waals surface area contributed by atoms with Crippen molar-refractivity contribution in [2.75, 3.05) is 13.7 Å². The van der Waals surface area contributed by atoms with Gasteiger partial charge in [0, 0.05) is 12.6 Å². The minimum absolute atomic E-state index is 0.115. The molecule has 0 amide bonds. The summed E-state index contributed by atoms with van der Waals surface area (Å²) < 4.78 is 5.23. The third-order valence-corrected chi connectivity index (χ3v) is 2.97. The molecule has 0 bridgehead atoms. The molecule has 0 saturated heterocycles. The summed E-state index contributed by atoms with van der Waals surface area (Å²) in [5.74, 6) is 0.848. The maximum Gasteiger partial charge on any atom is 0.119 e. The normalized spacial score (nSPS) is 12.2. The van der Waals surface area contributed by atoms with Crippen LogP contribution in [0.2, 0.25) is 0 Å². The number of rotatable bonds is 4. The van der Waals surface area contributed by atoms with E-state index >= 15 is 0 Å². The van der Waals surface area contributed by atoms with E-state index < -0.39 is 0 Å². The Kier molecular flexibility index (Phi) is 3.97. The summed E-state index contributed by atoms with van der Waals surface area (Å²) in [7, 11) is 1.67. The van der Waals surface area contributed by atoms with Crippen LogP contribution in [0.15, 0.2) is 48.5 Å². The van der Waals surface area contributed by atoms with Crippen molar-refractivity contribution in [2.45, 2.75) is 6.04 Å². The molecular weight excluding hydrogens is 224 g/mol. The Balaban J connectivity index is 2.38. The molecule has 18 heavy (non-hydrogen) atoms. The van der Waals surface area contributed by atoms with Gasteiger partial charge in [-0.1, -0.05) is 30.3 Å². The smallest absolute Gasteiger partial charge is 0.119 e. The first-order chi connectivity index (χ1) is 8.74. The van der Waals surface area contributed by atoms with Crippen LogP contribution in [0, 0.1) is 0 Å². The Hall–Kier alpha value is -1.84. The molecule has 0 heterocycles. The Labute approximate surface area is 107 Å². The van der Waals surface area contributed by atoms with Gasteiger partial charge < -0.3 is 16.2 Å². The molecule has 3 nitrogen and oxygen atoms in total. The minimum atomic E-state index is -0.115. The number of nitrogens with two attached hydrogens (primary N) is 2. The molecule has 1 atom stereocenters. The number of methoxy groups -OCH3 is 1. The van der Waals surface area contributed by atoms with Crippen molar-refractivity contribution >= 4 is 0 Å². The van der Waals surface area contributed by atoms with Crippen LogP contribution in [0.5, 0.6) is 5.75 Å². The summed E-state index contributed by atoms with van der Waals surface area (Å²) in [5, 5.41) is 0. The Morgan fingerprint density at radius 2 is 1.72 bits per heavy atom. The maximum atomic E-state index is 5.95. The van der Waals surface area contributed by atoms with Crippen LogP contribution in [0.3, 0.4) is 0 Å². The van der Waals surface area contributed by atoms with Gasteiger partial charge in [0.1, 0.15) is 5.75 Å². The van der Waals surface area contributed by atoms with Crippen molar-refractivity contribution in [3.8, 4) is 16.9 Å². The zero-order chi connectivity index (χ0) is 13.0. The van der Waals surface area contributed by atoms with Gasteiger partial charge in [-0.25, -0.2) is 0 Å². The molecule has 0 radical (unpaired) electrons. The van der Waals surface area contributed by atoms with E-state index in [1.165, 1.54) is 0 Å². The molecule has 0 aromatic heterocycles. The van der Waals surface area contributed by atoms with Crippen molar-refractivity contribution in [1.82, 2.24) is 0 Å². The fourth-order valence-electron chi connectivity index (χ4n) is 1.89. The van der Waals surface area contributed by atoms with Gasteiger partial charge in [0.25, 0.3) is 0 Å². The van der Waals surface area contributed by atoms with E-state index in [1.54, 1.807) is 7.11 Å². The monoisotopic (exact) mass is 242 g/mol. The molecule has 0 fully saturated rings. The lowest BCUT2D eigenvalue weighted by Gasteiger charge is -2.11. The summed E-state index contributed by atoms with van der Waals surface area (Å²) in [4.78, 5) is 0. The number of benzene rings is 2. The average molecular weight is 242 g/mol. The van der Waals surface area contributed by atoms with Crippen molar-refractivity contribution in [3.63, 3.8) is 0 Å². The molecule has 0 spiro atoms. The standard InChI is InChI=1S/C15H18N2O/c1-18-14-7-3-5-12(9-14)11-4-2-6-13(8-11)15(17)10-16/h2-9,15H,10,16-17H2,1H3. The zero-order valence-corrected chi connectivity index (χ0v) is 10.5. The van der Waals surface area contributed by atoms with E-state index in [0.717, 1.165) is 22.4 Å². The van der Waals surface area contributed by atoms with Gasteiger partial charge in [0.15, 0.2) is 0 Å². The molecule has 0 aliphatic carbocycles. The lowest BCUT2D eigenvalue weighted by molar-refractivity contribution is 0.415. The molecule has 2 aromatic carbocycles. The summed E-state index contributed by atoms with van der Waals surface area (Å²) in [6, 6.07) is 16.0. The van der Waals surface area contributed by atoms with Crippen molar-refractivity contribution < 1.29 is 4.74 Å². The molecule has 0 aliphatic rings. The summed E-state index contributed by atoms with van der Waals surface area (Å²) in [6.45, 7) is 0.446. The molecular formula is C15H18N2O. The molecule has 2 rings (SSSR count). The van der Waals surface area contributed by atoms with Gasteiger partial charge >= 0.3 is 0 Å². The number of hydrogen-bond acceptors (Lipinski definition) is 3. The number of ether oxygens (including phenoxy) is 1. The van der Waals surface area contributed by atoms with E-state index in [2.05, 4.69) is 18.2 Å². The van der Waals surface area contributed by atoms with E-state index in [4.69, 9.17) is 16.2 Å². The van der Waals surface area contributed by atoms with Crippen LogP contribution in [-0.2, 0) is 0 Å². The quantitative estimate of drug-likeness (QED) is 0.865. The SMILES string of the molecule is COc1cccc(-c2cccc(C(N)CN)c2)c1. The van der Waals surface area contributed by atoms with Crippen LogP contribution in [0.1, 0.15) is 11.6 Å². The molecule has 0 aliphatic heterocycles. The molecule has 1 unspecified atom stereocenters. The average Bonchev–Trinajstić information content (AvgIpc) is 2.46. The Morgan fingerprint density at radius 3 is 2.39 bits per heavy atom. The third-order valence-electron chi connectivity index (χ3n) is 2.97. The van der Waals surface area contributed by atoms with Crippen LogP contribution >= 0.6 is 0 Å². The first-order valence-electron chi connectivity index (χ1n) is 5.94. The van der Waals surface area contributed by atoms with Crippen LogP contribution < -0.4 is 16.2 Å². The van der Waals surface area contributed by atoms with E-state index in [1.807, 2.05) is 30.3 Å². The van der Waals surface area contributed by atoms with Crippen molar-refractivity contribution in [3.05, 3.63) is 54.1 Å². The van der Waals surface area contributed by atoms with E-state index in [0.29, 0.717) is 6.54 Å². The predicted molar refractivity (Wildman–Crippen MR) is 74.4 cm³/mol. The predicted octanol–water partition coefficient (Wildman–Crippen LogP) is 2.32. The van der Waals surface area contributed by atoms with Crippen molar-refractivity contribution in [2.24, 2.45) is 11.5 Å². The van der Waals surface area contributed by atoms with Crippen LogP contribution in [0.4, 0.5) is 0 Å². The molecule has 4 N–H and O–H groups in total. The molecule has 0 saturated carbocycles. The highest BCUT2D eigenvalue weighted by atomic mass is 16.5. The van der Waals surface area contributed by atoms with Crippen LogP contribution in [-0.4, -0.2) is 13.7 Å². The highest BCUT2D eigenvalue weighted by Crippen LogP contribution is 2.25. The second-order valence-electron chi connectivity index (χ2n) is 4.20. The fourth-order valence-corrected chi connectivity index (χ4v) is 1.89. The Morgan fingerprint density at radius 1 is 1.06 bits per heavy atom. The topological polar surface area (TPSA) is 61.3 Å². The van der Waals surface area contributed by atoms with E-state index in [-0.39, 0.29) is 6.04 Å². The van der Waals surface area contributed by atoms with Gasteiger partial charge in [-0.05, 0) is 34.9 Å². The van der Waals surface area contributed by atoms with Gasteiger partial charge in [-0.3, -0.25) is 0 Å². The zero-order valence-electron chi connectivity index (χ0n) is 10.5. The van der Waals surface area contributed by atoms with Gasteiger partial charge in [0.2, 0.25) is 0 Å². The third kappa shape index (κ3) is 2.70. The molecule has 3 heteroatoms. The first kappa shape index (κ1) is 12.6. The van der Waals surface area contributed by atoms with E-state index in [9.17, 15) is 0 Å². The lowest BCUT2D eigenvalue weighted by atomic mass is 10.00. The summed E-state index contributed by atoms with van der Waals surface area (Å²) in [5.41, 5.74) is 14.8. The van der Waals surface area contributed by atoms with Crippen LogP contribution in [0.25, 0.3) is 11.1 Å². The largest absolute Gasteiger partial charge is 0.497 e. The van der Waals surface area contributed by atoms with Gasteiger partial charge in [0.05, 0.1) is 7.11 Å². The molecule has 94 valence electrons. The minimum Gasteiger partial charge on any atom is -0.497 e. The second-order valence-corrected chi connectivity index (χ2v) is 4.20.